The molecule has 0 aliphatic carbocycles. The largest absolute Gasteiger partial charge is 0.308 e. The first-order valence-electron chi connectivity index (χ1n) is 10.8. The third-order valence-corrected chi connectivity index (χ3v) is 5.54. The highest BCUT2D eigenvalue weighted by Crippen LogP contribution is 2.22. The molecule has 2 atom stereocenters. The van der Waals surface area contributed by atoms with E-state index in [4.69, 9.17) is 5.21 Å². The zero-order valence-electron chi connectivity index (χ0n) is 18.7. The van der Waals surface area contributed by atoms with Crippen LogP contribution in [0.25, 0.3) is 0 Å². The summed E-state index contributed by atoms with van der Waals surface area (Å²) in [5, 5.41) is 12.6. The number of unbranched alkanes of at least 4 members (excludes halogenated alkanes) is 1. The van der Waals surface area contributed by atoms with Gasteiger partial charge in [0, 0.05) is 5.92 Å². The summed E-state index contributed by atoms with van der Waals surface area (Å²) in [5.74, 6) is -1.12. The van der Waals surface area contributed by atoms with Crippen LogP contribution in [0.3, 0.4) is 0 Å². The lowest BCUT2D eigenvalue weighted by atomic mass is 9.91. The number of nitrogens with zero attached hydrogens (tertiary/aromatic N) is 1. The van der Waals surface area contributed by atoms with E-state index in [2.05, 4.69) is 24.1 Å². The number of carbonyl (C=O) groups is 1. The van der Waals surface area contributed by atoms with Crippen LogP contribution in [0.15, 0.2) is 30.5 Å². The van der Waals surface area contributed by atoms with Crippen LogP contribution in [-0.2, 0) is 11.2 Å². The molecule has 1 aromatic heterocycles. The van der Waals surface area contributed by atoms with Crippen LogP contribution >= 0.6 is 0 Å². The molecule has 0 bridgehead atoms. The Morgan fingerprint density at radius 2 is 1.81 bits per heavy atom. The number of nitrogens with one attached hydrogen (secondary N) is 2. The van der Waals surface area contributed by atoms with Gasteiger partial charge in [-0.15, -0.1) is 0 Å². The van der Waals surface area contributed by atoms with Gasteiger partial charge in [0.2, 0.25) is 5.91 Å². The lowest BCUT2D eigenvalue weighted by molar-refractivity contribution is -0.133. The summed E-state index contributed by atoms with van der Waals surface area (Å²) in [7, 11) is 0. The van der Waals surface area contributed by atoms with Gasteiger partial charge >= 0.3 is 0 Å². The topological polar surface area (TPSA) is 74.2 Å². The third kappa shape index (κ3) is 7.36. The number of hydrogen-bond acceptors (Lipinski definition) is 4. The number of aromatic nitrogens is 1. The molecule has 3 N–H and O–H groups in total. The van der Waals surface area contributed by atoms with Gasteiger partial charge in [-0.3, -0.25) is 15.0 Å². The van der Waals surface area contributed by atoms with Crippen molar-refractivity contribution in [3.05, 3.63) is 64.5 Å². The van der Waals surface area contributed by atoms with Crippen molar-refractivity contribution in [2.75, 3.05) is 6.54 Å². The molecule has 7 heteroatoms. The number of halogens is 2. The molecule has 0 saturated heterocycles. The molecule has 0 unspecified atom stereocenters. The van der Waals surface area contributed by atoms with Gasteiger partial charge in [-0.05, 0) is 74.4 Å². The molecule has 2 aromatic rings. The van der Waals surface area contributed by atoms with Gasteiger partial charge in [0.15, 0.2) is 0 Å². The van der Waals surface area contributed by atoms with Crippen LogP contribution in [0.5, 0.6) is 0 Å². The lowest BCUT2D eigenvalue weighted by Crippen LogP contribution is -2.30. The Labute approximate surface area is 183 Å². The number of aryl methyl sites for hydroxylation is 2. The van der Waals surface area contributed by atoms with Crippen molar-refractivity contribution >= 4 is 5.91 Å². The number of amides is 1. The fraction of sp³-hybridized carbons (Fsp3) is 0.500. The molecule has 0 aliphatic rings. The first-order chi connectivity index (χ1) is 14.7. The Morgan fingerprint density at radius 1 is 1.13 bits per heavy atom. The monoisotopic (exact) mass is 433 g/mol. The van der Waals surface area contributed by atoms with E-state index in [1.807, 2.05) is 0 Å². The number of hydroxylamine groups is 1. The minimum Gasteiger partial charge on any atom is -0.308 e. The summed E-state index contributed by atoms with van der Waals surface area (Å²) in [6.07, 6.45) is 3.89. The molecule has 1 aromatic carbocycles. The third-order valence-electron chi connectivity index (χ3n) is 5.54. The maximum atomic E-state index is 13.9. The average molecular weight is 434 g/mol. The molecule has 170 valence electrons. The van der Waals surface area contributed by atoms with Crippen molar-refractivity contribution in [1.29, 1.82) is 0 Å². The summed E-state index contributed by atoms with van der Waals surface area (Å²) in [6, 6.07) is 6.63. The quantitative estimate of drug-likeness (QED) is 0.270. The van der Waals surface area contributed by atoms with E-state index >= 15 is 0 Å². The standard InChI is InChI=1S/C24H33F2N3O2/c1-15(2)23(21-9-8-20(25)14-28-21)27-10-6-5-7-19(24(30)29-31)13-18-11-16(3)22(26)17(4)12-18/h8-9,11-12,14-15,19,23,27,31H,5-7,10,13H2,1-4H3,(H,29,30)/t19-,23+/m0/s1. The highest BCUT2D eigenvalue weighted by atomic mass is 19.1. The molecule has 0 aliphatic heterocycles. The van der Waals surface area contributed by atoms with E-state index < -0.39 is 11.8 Å². The minimum atomic E-state index is -0.428. The summed E-state index contributed by atoms with van der Waals surface area (Å²) in [6.45, 7) is 8.30. The van der Waals surface area contributed by atoms with Gasteiger partial charge in [-0.2, -0.15) is 0 Å². The molecular weight excluding hydrogens is 400 g/mol. The van der Waals surface area contributed by atoms with E-state index in [0.717, 1.165) is 30.6 Å². The van der Waals surface area contributed by atoms with Crippen molar-refractivity contribution in [1.82, 2.24) is 15.8 Å². The molecule has 5 nitrogen and oxygen atoms in total. The van der Waals surface area contributed by atoms with Crippen LogP contribution < -0.4 is 10.8 Å². The Kier molecular flexibility index (Phi) is 9.52. The lowest BCUT2D eigenvalue weighted by Gasteiger charge is -2.22. The van der Waals surface area contributed by atoms with Crippen molar-refractivity contribution in [3.63, 3.8) is 0 Å². The van der Waals surface area contributed by atoms with E-state index in [1.165, 1.54) is 12.3 Å². The Morgan fingerprint density at radius 3 is 2.35 bits per heavy atom. The molecule has 1 amide bonds. The van der Waals surface area contributed by atoms with Crippen molar-refractivity contribution in [3.8, 4) is 0 Å². The van der Waals surface area contributed by atoms with Crippen molar-refractivity contribution < 1.29 is 18.8 Å². The molecule has 0 saturated carbocycles. The van der Waals surface area contributed by atoms with Crippen LogP contribution in [-0.4, -0.2) is 22.6 Å². The van der Waals surface area contributed by atoms with E-state index in [0.29, 0.717) is 24.0 Å². The summed E-state index contributed by atoms with van der Waals surface area (Å²) in [5.41, 5.74) is 4.54. The van der Waals surface area contributed by atoms with Gasteiger partial charge in [0.25, 0.3) is 0 Å². The molecule has 31 heavy (non-hydrogen) atoms. The molecular formula is C24H33F2N3O2. The number of carbonyl (C=O) groups excluding carboxylic acids is 1. The number of rotatable bonds is 11. The smallest absolute Gasteiger partial charge is 0.246 e. The second kappa shape index (κ2) is 11.9. The second-order valence-electron chi connectivity index (χ2n) is 8.49. The average Bonchev–Trinajstić information content (AvgIpc) is 2.73. The minimum absolute atomic E-state index is 0.0160. The van der Waals surface area contributed by atoms with Gasteiger partial charge in [-0.1, -0.05) is 32.4 Å². The maximum absolute atomic E-state index is 13.9. The maximum Gasteiger partial charge on any atom is 0.246 e. The molecule has 2 rings (SSSR count). The van der Waals surface area contributed by atoms with Gasteiger partial charge < -0.3 is 5.32 Å². The zero-order valence-corrected chi connectivity index (χ0v) is 18.7. The van der Waals surface area contributed by atoms with Gasteiger partial charge in [0.05, 0.1) is 17.9 Å². The van der Waals surface area contributed by atoms with Crippen LogP contribution in [0, 0.1) is 37.3 Å². The number of hydrogen-bond donors (Lipinski definition) is 3. The van der Waals surface area contributed by atoms with E-state index in [9.17, 15) is 13.6 Å². The Hall–Kier alpha value is -2.38. The molecule has 0 spiro atoms. The van der Waals surface area contributed by atoms with E-state index in [1.54, 1.807) is 37.5 Å². The SMILES string of the molecule is Cc1cc(C[C@H](CCCCN[C@@H](c2ccc(F)cn2)C(C)C)C(=O)NO)cc(C)c1F. The fourth-order valence-electron chi connectivity index (χ4n) is 3.88. The predicted octanol–water partition coefficient (Wildman–Crippen LogP) is 4.80. The fourth-order valence-corrected chi connectivity index (χ4v) is 3.88. The van der Waals surface area contributed by atoms with Crippen molar-refractivity contribution in [2.45, 2.75) is 59.4 Å². The van der Waals surface area contributed by atoms with Gasteiger partial charge in [0.1, 0.15) is 11.6 Å². The van der Waals surface area contributed by atoms with Crippen LogP contribution in [0.1, 0.15) is 61.5 Å². The number of benzene rings is 1. The summed E-state index contributed by atoms with van der Waals surface area (Å²) >= 11 is 0. The highest BCUT2D eigenvalue weighted by molar-refractivity contribution is 5.77. The predicted molar refractivity (Wildman–Crippen MR) is 117 cm³/mol. The first kappa shape index (κ1) is 24.9. The normalized spacial score (nSPS) is 13.3. The van der Waals surface area contributed by atoms with Crippen LogP contribution in [0.4, 0.5) is 8.78 Å². The van der Waals surface area contributed by atoms with Crippen LogP contribution in [0.2, 0.25) is 0 Å². The first-order valence-corrected chi connectivity index (χ1v) is 10.8. The summed E-state index contributed by atoms with van der Waals surface area (Å²) < 4.78 is 27.0. The van der Waals surface area contributed by atoms with E-state index in [-0.39, 0.29) is 23.6 Å². The zero-order chi connectivity index (χ0) is 23.0. The highest BCUT2D eigenvalue weighted by Gasteiger charge is 2.20. The molecule has 1 heterocycles. The Balaban J connectivity index is 1.89. The number of pyridine rings is 1. The molecule has 0 radical (unpaired) electrons. The molecule has 0 fully saturated rings. The van der Waals surface area contributed by atoms with Gasteiger partial charge in [-0.25, -0.2) is 14.3 Å². The van der Waals surface area contributed by atoms with Crippen molar-refractivity contribution in [2.24, 2.45) is 11.8 Å². The summed E-state index contributed by atoms with van der Waals surface area (Å²) in [4.78, 5) is 16.3. The Bertz CT molecular complexity index is 833. The second-order valence-corrected chi connectivity index (χ2v) is 8.49.